The Morgan fingerprint density at radius 1 is 1.14 bits per heavy atom. The fraction of sp³-hybridized carbons (Fsp3) is 0.353. The minimum Gasteiger partial charge on any atom is -0.353 e. The van der Waals surface area contributed by atoms with Crippen LogP contribution in [0.3, 0.4) is 0 Å². The second kappa shape index (κ2) is 6.92. The van der Waals surface area contributed by atoms with Crippen LogP contribution >= 0.6 is 11.6 Å². The van der Waals surface area contributed by atoms with Gasteiger partial charge >= 0.3 is 0 Å². The monoisotopic (exact) mass is 303 g/mol. The summed E-state index contributed by atoms with van der Waals surface area (Å²) in [6.45, 7) is 4.27. The van der Waals surface area contributed by atoms with Crippen LogP contribution in [0.2, 0.25) is 5.02 Å². The van der Waals surface area contributed by atoms with E-state index in [1.165, 1.54) is 11.1 Å². The highest BCUT2D eigenvalue weighted by molar-refractivity contribution is 6.30. The van der Waals surface area contributed by atoms with E-state index in [0.29, 0.717) is 6.04 Å². The van der Waals surface area contributed by atoms with E-state index < -0.39 is 0 Å². The van der Waals surface area contributed by atoms with E-state index in [-0.39, 0.29) is 6.04 Å². The van der Waals surface area contributed by atoms with E-state index in [1.54, 1.807) is 0 Å². The highest BCUT2D eigenvalue weighted by Crippen LogP contribution is 2.26. The lowest BCUT2D eigenvalue weighted by molar-refractivity contribution is 0.648. The molecule has 4 heteroatoms. The molecular formula is C17H22ClN3. The normalized spacial score (nSPS) is 13.8. The molecule has 0 aliphatic heterocycles. The molecule has 0 fully saturated rings. The highest BCUT2D eigenvalue weighted by atomic mass is 35.5. The van der Waals surface area contributed by atoms with Crippen molar-refractivity contribution in [2.75, 3.05) is 19.0 Å². The fourth-order valence-electron chi connectivity index (χ4n) is 2.22. The lowest BCUT2D eigenvalue weighted by Crippen LogP contribution is -2.23. The average Bonchev–Trinajstić information content (AvgIpc) is 2.53. The summed E-state index contributed by atoms with van der Waals surface area (Å²) in [6.07, 6.45) is 1.93. The van der Waals surface area contributed by atoms with Crippen molar-refractivity contribution in [2.24, 2.45) is 0 Å². The topological polar surface area (TPSA) is 28.2 Å². The fourth-order valence-corrected chi connectivity index (χ4v) is 2.42. The summed E-state index contributed by atoms with van der Waals surface area (Å²) >= 11 is 6.07. The molecular weight excluding hydrogens is 282 g/mol. The molecule has 0 aliphatic rings. The van der Waals surface area contributed by atoms with E-state index in [1.807, 2.05) is 31.4 Å². The Morgan fingerprint density at radius 3 is 2.48 bits per heavy atom. The Kier molecular flexibility index (Phi) is 5.21. The van der Waals surface area contributed by atoms with Gasteiger partial charge in [-0.15, -0.1) is 0 Å². The molecule has 0 saturated carbocycles. The summed E-state index contributed by atoms with van der Waals surface area (Å²) < 4.78 is 0. The van der Waals surface area contributed by atoms with E-state index in [2.05, 4.69) is 54.3 Å². The van der Waals surface area contributed by atoms with Gasteiger partial charge in [-0.25, -0.2) is 4.98 Å². The second-order valence-electron chi connectivity index (χ2n) is 5.30. The summed E-state index contributed by atoms with van der Waals surface area (Å²) in [6, 6.07) is 12.7. The summed E-state index contributed by atoms with van der Waals surface area (Å²) in [5, 5.41) is 3.98. The molecule has 2 rings (SSSR count). The van der Waals surface area contributed by atoms with Crippen LogP contribution in [0.15, 0.2) is 42.6 Å². The molecule has 2 unspecified atom stereocenters. The second-order valence-corrected chi connectivity index (χ2v) is 5.74. The molecule has 0 saturated heterocycles. The summed E-state index contributed by atoms with van der Waals surface area (Å²) in [7, 11) is 4.00. The van der Waals surface area contributed by atoms with Crippen LogP contribution in [0.1, 0.15) is 37.1 Å². The third-order valence-electron chi connectivity index (χ3n) is 3.98. The third-order valence-corrected chi connectivity index (χ3v) is 4.21. The molecule has 0 bridgehead atoms. The van der Waals surface area contributed by atoms with Crippen LogP contribution in [0.5, 0.6) is 0 Å². The molecule has 1 aromatic heterocycles. The zero-order valence-electron chi connectivity index (χ0n) is 13.0. The number of hydrogen-bond acceptors (Lipinski definition) is 3. The quantitative estimate of drug-likeness (QED) is 0.896. The van der Waals surface area contributed by atoms with Crippen LogP contribution in [0, 0.1) is 0 Å². The van der Waals surface area contributed by atoms with E-state index >= 15 is 0 Å². The van der Waals surface area contributed by atoms with Gasteiger partial charge in [0.05, 0.1) is 6.04 Å². The van der Waals surface area contributed by atoms with Crippen molar-refractivity contribution in [1.29, 1.82) is 0 Å². The van der Waals surface area contributed by atoms with Crippen LogP contribution < -0.4 is 10.2 Å². The lowest BCUT2D eigenvalue weighted by Gasteiger charge is -2.27. The number of nitrogens with one attached hydrogen (secondary N) is 1. The molecule has 1 heterocycles. The van der Waals surface area contributed by atoms with Crippen LogP contribution in [0.4, 0.5) is 5.82 Å². The number of halogens is 1. The van der Waals surface area contributed by atoms with E-state index in [4.69, 9.17) is 11.6 Å². The van der Waals surface area contributed by atoms with Crippen molar-refractivity contribution < 1.29 is 0 Å². The third kappa shape index (κ3) is 3.74. The minimum absolute atomic E-state index is 0.212. The number of rotatable bonds is 5. The average molecular weight is 304 g/mol. The van der Waals surface area contributed by atoms with Gasteiger partial charge in [-0.3, -0.25) is 0 Å². The molecule has 0 amide bonds. The number of anilines is 1. The summed E-state index contributed by atoms with van der Waals surface area (Å²) in [4.78, 5) is 6.72. The van der Waals surface area contributed by atoms with Crippen LogP contribution in [0.25, 0.3) is 0 Å². The Labute approximate surface area is 132 Å². The number of nitrogens with zero attached hydrogens (tertiary/aromatic N) is 2. The van der Waals surface area contributed by atoms with Gasteiger partial charge in [-0.2, -0.15) is 0 Å². The highest BCUT2D eigenvalue weighted by Gasteiger charge is 2.14. The molecule has 0 aliphatic carbocycles. The SMILES string of the molecule is CNC(C)c1ccc(N(C)C(C)c2cccc(Cl)c2)nc1. The maximum atomic E-state index is 6.07. The number of aromatic nitrogens is 1. The first-order chi connectivity index (χ1) is 10.0. The Bertz CT molecular complexity index is 583. The maximum absolute atomic E-state index is 6.07. The van der Waals surface area contributed by atoms with Gasteiger partial charge in [-0.1, -0.05) is 29.8 Å². The van der Waals surface area contributed by atoms with Gasteiger partial charge in [0.25, 0.3) is 0 Å². The molecule has 0 spiro atoms. The van der Waals surface area contributed by atoms with Gasteiger partial charge in [-0.05, 0) is 50.2 Å². The smallest absolute Gasteiger partial charge is 0.128 e. The number of hydrogen-bond donors (Lipinski definition) is 1. The molecule has 3 nitrogen and oxygen atoms in total. The van der Waals surface area contributed by atoms with Gasteiger partial charge in [0.15, 0.2) is 0 Å². The minimum atomic E-state index is 0.212. The van der Waals surface area contributed by atoms with Crippen molar-refractivity contribution in [3.63, 3.8) is 0 Å². The van der Waals surface area contributed by atoms with Crippen molar-refractivity contribution in [2.45, 2.75) is 25.9 Å². The first-order valence-electron chi connectivity index (χ1n) is 7.14. The summed E-state index contributed by atoms with van der Waals surface area (Å²) in [5.41, 5.74) is 2.37. The Hall–Kier alpha value is -1.58. The zero-order chi connectivity index (χ0) is 15.4. The molecule has 1 N–H and O–H groups in total. The van der Waals surface area contributed by atoms with Gasteiger partial charge in [0, 0.05) is 24.3 Å². The first-order valence-corrected chi connectivity index (χ1v) is 7.52. The molecule has 2 aromatic rings. The van der Waals surface area contributed by atoms with Gasteiger partial charge < -0.3 is 10.2 Å². The molecule has 21 heavy (non-hydrogen) atoms. The maximum Gasteiger partial charge on any atom is 0.128 e. The first kappa shape index (κ1) is 15.8. The van der Waals surface area contributed by atoms with Crippen molar-refractivity contribution in [1.82, 2.24) is 10.3 Å². The van der Waals surface area contributed by atoms with E-state index in [9.17, 15) is 0 Å². The lowest BCUT2D eigenvalue weighted by atomic mass is 10.1. The van der Waals surface area contributed by atoms with Gasteiger partial charge in [0.2, 0.25) is 0 Å². The predicted molar refractivity (Wildman–Crippen MR) is 90.0 cm³/mol. The molecule has 112 valence electrons. The van der Waals surface area contributed by atoms with Crippen LogP contribution in [-0.4, -0.2) is 19.1 Å². The molecule has 1 aromatic carbocycles. The van der Waals surface area contributed by atoms with Crippen molar-refractivity contribution >= 4 is 17.4 Å². The van der Waals surface area contributed by atoms with E-state index in [0.717, 1.165) is 10.8 Å². The number of benzene rings is 1. The molecule has 2 atom stereocenters. The Balaban J connectivity index is 2.17. The van der Waals surface area contributed by atoms with Crippen molar-refractivity contribution in [3.05, 3.63) is 58.7 Å². The predicted octanol–water partition coefficient (Wildman–Crippen LogP) is 4.21. The molecule has 0 radical (unpaired) electrons. The number of pyridine rings is 1. The van der Waals surface area contributed by atoms with Crippen molar-refractivity contribution in [3.8, 4) is 0 Å². The summed E-state index contributed by atoms with van der Waals surface area (Å²) in [5.74, 6) is 0.953. The van der Waals surface area contributed by atoms with Gasteiger partial charge in [0.1, 0.15) is 5.82 Å². The largest absolute Gasteiger partial charge is 0.353 e. The Morgan fingerprint density at radius 2 is 1.90 bits per heavy atom. The van der Waals surface area contributed by atoms with Crippen LogP contribution in [-0.2, 0) is 0 Å². The standard InChI is InChI=1S/C17H22ClN3/c1-12(19-3)15-8-9-17(20-11-15)21(4)13(2)14-6-5-7-16(18)10-14/h5-13,19H,1-4H3. The zero-order valence-corrected chi connectivity index (χ0v) is 13.7.